The van der Waals surface area contributed by atoms with Gasteiger partial charge in [0, 0.05) is 35.2 Å². The van der Waals surface area contributed by atoms with Crippen LogP contribution in [0.15, 0.2) is 46.9 Å². The summed E-state index contributed by atoms with van der Waals surface area (Å²) < 4.78 is 5.24. The van der Waals surface area contributed by atoms with Gasteiger partial charge in [0.2, 0.25) is 16.8 Å². The van der Waals surface area contributed by atoms with E-state index >= 15 is 0 Å². The lowest BCUT2D eigenvalue weighted by atomic mass is 10.1. The van der Waals surface area contributed by atoms with Crippen LogP contribution in [0.25, 0.3) is 11.3 Å². The number of nitro benzene ring substituents is 1. The predicted octanol–water partition coefficient (Wildman–Crippen LogP) is 4.23. The molecule has 3 rings (SSSR count). The van der Waals surface area contributed by atoms with E-state index in [9.17, 15) is 20.0 Å². The van der Waals surface area contributed by atoms with E-state index in [1.54, 1.807) is 19.1 Å². The first-order chi connectivity index (χ1) is 14.9. The molecule has 0 bridgehead atoms. The van der Waals surface area contributed by atoms with Gasteiger partial charge in [-0.3, -0.25) is 20.3 Å². The van der Waals surface area contributed by atoms with Crippen molar-refractivity contribution in [2.24, 2.45) is 5.10 Å². The van der Waals surface area contributed by atoms with Gasteiger partial charge in [-0.15, -0.1) is 11.3 Å². The molecule has 0 fully saturated rings. The lowest BCUT2D eigenvalue weighted by Crippen LogP contribution is -2.05. The number of phenols is 1. The zero-order valence-corrected chi connectivity index (χ0v) is 17.5. The summed E-state index contributed by atoms with van der Waals surface area (Å²) in [5.74, 6) is -0.651. The molecule has 0 spiro atoms. The second-order valence-corrected chi connectivity index (χ2v) is 7.10. The van der Waals surface area contributed by atoms with Crippen molar-refractivity contribution in [2.45, 2.75) is 13.8 Å². The molecule has 0 aliphatic carbocycles. The molecule has 1 aromatic heterocycles. The van der Waals surface area contributed by atoms with Crippen molar-refractivity contribution in [1.29, 1.82) is 0 Å². The maximum Gasteiger partial charge on any atom is 0.315 e. The van der Waals surface area contributed by atoms with Gasteiger partial charge >= 0.3 is 5.69 Å². The number of nitro groups is 1. The molecule has 31 heavy (non-hydrogen) atoms. The molecular formula is C20H19N5O5S. The largest absolute Gasteiger partial charge is 0.500 e. The summed E-state index contributed by atoms with van der Waals surface area (Å²) in [7, 11) is 0. The van der Waals surface area contributed by atoms with Crippen LogP contribution in [-0.4, -0.2) is 33.7 Å². The Morgan fingerprint density at radius 3 is 2.74 bits per heavy atom. The number of hydrazone groups is 1. The maximum absolute atomic E-state index is 11.1. The van der Waals surface area contributed by atoms with E-state index in [0.29, 0.717) is 16.4 Å². The SMILES string of the molecule is CCOc1cc(/C=N\Nc2nc(-c3ccc(NC(C)=O)cc3)cs2)cc([N+](=O)[O-])c1O. The number of hydrogen-bond donors (Lipinski definition) is 3. The van der Waals surface area contributed by atoms with Crippen LogP contribution >= 0.6 is 11.3 Å². The molecule has 10 nitrogen and oxygen atoms in total. The molecule has 0 saturated carbocycles. The Labute approximate surface area is 181 Å². The van der Waals surface area contributed by atoms with Gasteiger partial charge in [0.05, 0.1) is 23.4 Å². The van der Waals surface area contributed by atoms with Gasteiger partial charge in [-0.25, -0.2) is 4.98 Å². The third-order valence-corrected chi connectivity index (χ3v) is 4.70. The number of aromatic hydroxyl groups is 1. The first-order valence-corrected chi connectivity index (χ1v) is 10.0. The van der Waals surface area contributed by atoms with Crippen LogP contribution in [0.4, 0.5) is 16.5 Å². The monoisotopic (exact) mass is 441 g/mol. The quantitative estimate of drug-likeness (QED) is 0.270. The third-order valence-electron chi connectivity index (χ3n) is 3.95. The molecule has 0 unspecified atom stereocenters. The number of carbonyl (C=O) groups is 1. The molecule has 1 amide bonds. The zero-order chi connectivity index (χ0) is 22.4. The molecule has 2 aromatic carbocycles. The highest BCUT2D eigenvalue weighted by Gasteiger charge is 2.19. The molecule has 0 saturated heterocycles. The van der Waals surface area contributed by atoms with E-state index in [1.165, 1.54) is 36.6 Å². The Balaban J connectivity index is 1.71. The Hall–Kier alpha value is -3.99. The minimum Gasteiger partial charge on any atom is -0.500 e. The second-order valence-electron chi connectivity index (χ2n) is 6.24. The average molecular weight is 441 g/mol. The van der Waals surface area contributed by atoms with Crippen LogP contribution in [0, 0.1) is 10.1 Å². The minimum atomic E-state index is -0.688. The summed E-state index contributed by atoms with van der Waals surface area (Å²) in [5.41, 5.74) is 5.00. The second kappa shape index (κ2) is 9.67. The molecule has 0 aliphatic heterocycles. The molecule has 3 N–H and O–H groups in total. The number of thiazole rings is 1. The van der Waals surface area contributed by atoms with E-state index < -0.39 is 16.4 Å². The lowest BCUT2D eigenvalue weighted by Gasteiger charge is -2.07. The summed E-state index contributed by atoms with van der Waals surface area (Å²) >= 11 is 1.34. The number of aromatic nitrogens is 1. The fourth-order valence-electron chi connectivity index (χ4n) is 2.64. The van der Waals surface area contributed by atoms with Crippen molar-refractivity contribution in [3.63, 3.8) is 0 Å². The Morgan fingerprint density at radius 2 is 2.10 bits per heavy atom. The number of nitrogens with one attached hydrogen (secondary N) is 2. The summed E-state index contributed by atoms with van der Waals surface area (Å²) in [6, 6.07) is 9.92. The van der Waals surface area contributed by atoms with Gasteiger partial charge < -0.3 is 15.2 Å². The molecule has 0 atom stereocenters. The number of hydrogen-bond acceptors (Lipinski definition) is 9. The fraction of sp³-hybridized carbons (Fsp3) is 0.150. The smallest absolute Gasteiger partial charge is 0.315 e. The number of benzene rings is 2. The first-order valence-electron chi connectivity index (χ1n) is 9.14. The van der Waals surface area contributed by atoms with Gasteiger partial charge in [0.25, 0.3) is 0 Å². The number of ether oxygens (including phenoxy) is 1. The van der Waals surface area contributed by atoms with E-state index in [1.807, 2.05) is 17.5 Å². The van der Waals surface area contributed by atoms with Crippen LogP contribution in [0.1, 0.15) is 19.4 Å². The van der Waals surface area contributed by atoms with Crippen molar-refractivity contribution >= 4 is 40.0 Å². The van der Waals surface area contributed by atoms with E-state index in [-0.39, 0.29) is 18.3 Å². The third kappa shape index (κ3) is 5.54. The Kier molecular flexibility index (Phi) is 6.78. The van der Waals surface area contributed by atoms with Gasteiger partial charge in [0.1, 0.15) is 0 Å². The normalized spacial score (nSPS) is 10.8. The summed E-state index contributed by atoms with van der Waals surface area (Å²) in [6.07, 6.45) is 1.37. The van der Waals surface area contributed by atoms with Gasteiger partial charge in [-0.05, 0) is 25.1 Å². The number of anilines is 2. The Bertz CT molecular complexity index is 1130. The first kappa shape index (κ1) is 21.7. The highest BCUT2D eigenvalue weighted by Crippen LogP contribution is 2.36. The van der Waals surface area contributed by atoms with Crippen LogP contribution in [0.5, 0.6) is 11.5 Å². The molecule has 160 valence electrons. The molecular weight excluding hydrogens is 422 g/mol. The van der Waals surface area contributed by atoms with Crippen LogP contribution < -0.4 is 15.5 Å². The molecule has 0 aliphatic rings. The van der Waals surface area contributed by atoms with Crippen molar-refractivity contribution < 1.29 is 19.6 Å². The summed E-state index contributed by atoms with van der Waals surface area (Å²) in [5, 5.41) is 30.2. The predicted molar refractivity (Wildman–Crippen MR) is 119 cm³/mol. The topological polar surface area (TPSA) is 139 Å². The van der Waals surface area contributed by atoms with Crippen molar-refractivity contribution in [3.8, 4) is 22.8 Å². The van der Waals surface area contributed by atoms with E-state index in [2.05, 4.69) is 20.8 Å². The van der Waals surface area contributed by atoms with Gasteiger partial charge in [-0.1, -0.05) is 12.1 Å². The highest BCUT2D eigenvalue weighted by atomic mass is 32.1. The summed E-state index contributed by atoms with van der Waals surface area (Å²) in [6.45, 7) is 3.40. The number of nitrogens with zero attached hydrogens (tertiary/aromatic N) is 3. The maximum atomic E-state index is 11.1. The number of phenolic OH excluding ortho intramolecular Hbond substituents is 1. The van der Waals surface area contributed by atoms with Gasteiger partial charge in [0.15, 0.2) is 5.75 Å². The fourth-order valence-corrected chi connectivity index (χ4v) is 3.31. The van der Waals surface area contributed by atoms with Crippen LogP contribution in [0.3, 0.4) is 0 Å². The molecule has 0 radical (unpaired) electrons. The number of rotatable bonds is 8. The van der Waals surface area contributed by atoms with Crippen LogP contribution in [0.2, 0.25) is 0 Å². The molecule has 1 heterocycles. The minimum absolute atomic E-state index is 0.0115. The van der Waals surface area contributed by atoms with Gasteiger partial charge in [-0.2, -0.15) is 5.10 Å². The van der Waals surface area contributed by atoms with E-state index in [0.717, 1.165) is 11.3 Å². The number of carbonyl (C=O) groups excluding carboxylic acids is 1. The van der Waals surface area contributed by atoms with E-state index in [4.69, 9.17) is 4.74 Å². The standard InChI is InChI=1S/C20H19N5O5S/c1-3-30-18-9-13(8-17(19(18)27)25(28)29)10-21-24-20-23-16(11-31-20)14-4-6-15(7-5-14)22-12(2)26/h4-11,27H,3H2,1-2H3,(H,22,26)(H,23,24)/b21-10-. The van der Waals surface area contributed by atoms with Crippen molar-refractivity contribution in [1.82, 2.24) is 4.98 Å². The zero-order valence-electron chi connectivity index (χ0n) is 16.7. The van der Waals surface area contributed by atoms with Crippen molar-refractivity contribution in [2.75, 3.05) is 17.3 Å². The Morgan fingerprint density at radius 1 is 1.35 bits per heavy atom. The summed E-state index contributed by atoms with van der Waals surface area (Å²) in [4.78, 5) is 26.0. The van der Waals surface area contributed by atoms with Crippen LogP contribution in [-0.2, 0) is 4.79 Å². The highest BCUT2D eigenvalue weighted by molar-refractivity contribution is 7.14. The number of amides is 1. The molecule has 11 heteroatoms. The lowest BCUT2D eigenvalue weighted by molar-refractivity contribution is -0.386. The van der Waals surface area contributed by atoms with Crippen molar-refractivity contribution in [3.05, 3.63) is 57.5 Å². The average Bonchev–Trinajstić information content (AvgIpc) is 3.19. The molecule has 3 aromatic rings.